The van der Waals surface area contributed by atoms with Crippen LogP contribution in [0.5, 0.6) is 0 Å². The first-order valence-electron chi connectivity index (χ1n) is 3.86. The topological polar surface area (TPSA) is 12.4 Å². The Kier molecular flexibility index (Phi) is 4.08. The molecule has 1 saturated heterocycles. The molecule has 0 aliphatic carbocycles. The molecule has 0 amide bonds. The van der Waals surface area contributed by atoms with Gasteiger partial charge in [0.1, 0.15) is 4.38 Å². The van der Waals surface area contributed by atoms with Gasteiger partial charge in [0.15, 0.2) is 0 Å². The van der Waals surface area contributed by atoms with E-state index in [1.807, 2.05) is 11.8 Å². The molecule has 1 fully saturated rings. The maximum atomic E-state index is 4.45. The van der Waals surface area contributed by atoms with Gasteiger partial charge in [0, 0.05) is 12.3 Å². The Bertz CT molecular complexity index is 175. The van der Waals surface area contributed by atoms with Crippen molar-refractivity contribution in [2.45, 2.75) is 19.8 Å². The molecule has 0 N–H and O–H groups in total. The molecule has 62 valence electrons. The third-order valence-electron chi connectivity index (χ3n) is 1.34. The van der Waals surface area contributed by atoms with Crippen molar-refractivity contribution < 1.29 is 0 Å². The number of hydrogen-bond acceptors (Lipinski definition) is 3. The highest BCUT2D eigenvalue weighted by molar-refractivity contribution is 8.43. The fraction of sp³-hybridized carbons (Fsp3) is 0.625. The van der Waals surface area contributed by atoms with Crippen molar-refractivity contribution >= 4 is 27.9 Å². The Morgan fingerprint density at radius 3 is 3.00 bits per heavy atom. The first-order chi connectivity index (χ1) is 5.33. The van der Waals surface area contributed by atoms with Crippen LogP contribution in [0, 0.1) is 0 Å². The quantitative estimate of drug-likeness (QED) is 0.629. The van der Waals surface area contributed by atoms with E-state index < -0.39 is 0 Å². The molecule has 0 atom stereocenters. The molecule has 1 heterocycles. The van der Waals surface area contributed by atoms with Crippen molar-refractivity contribution in [2.24, 2.45) is 4.99 Å². The summed E-state index contributed by atoms with van der Waals surface area (Å²) in [5.41, 5.74) is 0. The minimum absolute atomic E-state index is 0.985. The summed E-state index contributed by atoms with van der Waals surface area (Å²) in [6.07, 6.45) is 2.43. The van der Waals surface area contributed by atoms with Crippen LogP contribution in [0.2, 0.25) is 0 Å². The third-order valence-corrected chi connectivity index (χ3v) is 3.73. The molecule has 0 aromatic carbocycles. The highest BCUT2D eigenvalue weighted by Crippen LogP contribution is 2.34. The van der Waals surface area contributed by atoms with Crippen LogP contribution in [-0.2, 0) is 0 Å². The number of unbranched alkanes of at least 4 members (excludes halogenated alkanes) is 1. The van der Waals surface area contributed by atoms with Crippen molar-refractivity contribution in [2.75, 3.05) is 12.3 Å². The highest BCUT2D eigenvalue weighted by Gasteiger charge is 2.12. The summed E-state index contributed by atoms with van der Waals surface area (Å²) < 4.78 is 1.21. The van der Waals surface area contributed by atoms with Crippen molar-refractivity contribution in [1.82, 2.24) is 0 Å². The second-order valence-electron chi connectivity index (χ2n) is 2.43. The molecule has 0 radical (unpaired) electrons. The van der Waals surface area contributed by atoms with Crippen molar-refractivity contribution in [3.63, 3.8) is 0 Å². The van der Waals surface area contributed by atoms with Gasteiger partial charge in [-0.05, 0) is 11.3 Å². The van der Waals surface area contributed by atoms with Crippen molar-refractivity contribution in [3.8, 4) is 0 Å². The van der Waals surface area contributed by atoms with E-state index in [9.17, 15) is 0 Å². The number of nitrogens with zero attached hydrogens (tertiary/aromatic N) is 1. The summed E-state index contributed by atoms with van der Waals surface area (Å²) in [6.45, 7) is 7.07. The lowest BCUT2D eigenvalue weighted by molar-refractivity contribution is 0.811. The van der Waals surface area contributed by atoms with Gasteiger partial charge in [-0.2, -0.15) is 0 Å². The van der Waals surface area contributed by atoms with Gasteiger partial charge < -0.3 is 0 Å². The molecule has 0 unspecified atom stereocenters. The van der Waals surface area contributed by atoms with Crippen LogP contribution in [0.4, 0.5) is 0 Å². The fourth-order valence-corrected chi connectivity index (χ4v) is 2.78. The lowest BCUT2D eigenvalue weighted by atomic mass is 10.3. The summed E-state index contributed by atoms with van der Waals surface area (Å²) in [6, 6.07) is 0. The second-order valence-corrected chi connectivity index (χ2v) is 4.82. The molecular weight excluding hydrogens is 174 g/mol. The molecular formula is C8H13NS2. The number of thioether (sulfide) groups is 2. The van der Waals surface area contributed by atoms with Crippen LogP contribution in [0.1, 0.15) is 19.8 Å². The number of hydrogen-bond donors (Lipinski definition) is 0. The van der Waals surface area contributed by atoms with Crippen LogP contribution >= 0.6 is 23.5 Å². The summed E-state index contributed by atoms with van der Waals surface area (Å²) in [5.74, 6) is 1.05. The predicted octanol–water partition coefficient (Wildman–Crippen LogP) is 3.14. The van der Waals surface area contributed by atoms with Gasteiger partial charge in [0.05, 0.1) is 0 Å². The van der Waals surface area contributed by atoms with E-state index in [0.29, 0.717) is 0 Å². The Balaban J connectivity index is 2.25. The van der Waals surface area contributed by atoms with E-state index in [1.54, 1.807) is 11.8 Å². The Morgan fingerprint density at radius 2 is 2.45 bits per heavy atom. The number of aliphatic imine (C=N–C) groups is 1. The molecule has 1 aliphatic heterocycles. The lowest BCUT2D eigenvalue weighted by Crippen LogP contribution is -1.83. The van der Waals surface area contributed by atoms with E-state index in [4.69, 9.17) is 0 Å². The van der Waals surface area contributed by atoms with Gasteiger partial charge in [-0.25, -0.2) is 0 Å². The van der Waals surface area contributed by atoms with Crippen molar-refractivity contribution in [3.05, 3.63) is 11.5 Å². The standard InChI is InChI=1S/C8H13NS2/c1-3-4-5-9-8-10-6-7(2)11-8/h2-6H2,1H3. The molecule has 1 aliphatic rings. The van der Waals surface area contributed by atoms with Gasteiger partial charge in [-0.3, -0.25) is 4.99 Å². The maximum Gasteiger partial charge on any atom is 0.129 e. The Morgan fingerprint density at radius 1 is 1.64 bits per heavy atom. The van der Waals surface area contributed by atoms with Gasteiger partial charge >= 0.3 is 0 Å². The van der Waals surface area contributed by atoms with E-state index in [-0.39, 0.29) is 0 Å². The minimum Gasteiger partial charge on any atom is -0.271 e. The lowest BCUT2D eigenvalue weighted by Gasteiger charge is -1.92. The van der Waals surface area contributed by atoms with E-state index in [2.05, 4.69) is 18.5 Å². The molecule has 0 saturated carbocycles. The van der Waals surface area contributed by atoms with Crippen LogP contribution < -0.4 is 0 Å². The fourth-order valence-electron chi connectivity index (χ4n) is 0.731. The van der Waals surface area contributed by atoms with Crippen LogP contribution in [0.15, 0.2) is 16.5 Å². The maximum absolute atomic E-state index is 4.45. The number of rotatable bonds is 3. The zero-order chi connectivity index (χ0) is 8.10. The van der Waals surface area contributed by atoms with Crippen LogP contribution in [0.25, 0.3) is 0 Å². The van der Waals surface area contributed by atoms with Gasteiger partial charge in [0.2, 0.25) is 0 Å². The smallest absolute Gasteiger partial charge is 0.129 e. The largest absolute Gasteiger partial charge is 0.271 e. The normalized spacial score (nSPS) is 21.5. The molecule has 0 aromatic rings. The Labute approximate surface area is 76.7 Å². The summed E-state index contributed by atoms with van der Waals surface area (Å²) >= 11 is 3.55. The third kappa shape index (κ3) is 3.34. The first kappa shape index (κ1) is 9.20. The monoisotopic (exact) mass is 187 g/mol. The second kappa shape index (κ2) is 4.88. The van der Waals surface area contributed by atoms with E-state index in [1.165, 1.54) is 22.1 Å². The first-order valence-corrected chi connectivity index (χ1v) is 5.66. The average molecular weight is 187 g/mol. The van der Waals surface area contributed by atoms with Crippen LogP contribution in [-0.4, -0.2) is 16.7 Å². The molecule has 0 spiro atoms. The molecule has 1 nitrogen and oxygen atoms in total. The van der Waals surface area contributed by atoms with E-state index in [0.717, 1.165) is 12.3 Å². The molecule has 0 bridgehead atoms. The average Bonchev–Trinajstić information content (AvgIpc) is 2.37. The van der Waals surface area contributed by atoms with E-state index >= 15 is 0 Å². The predicted molar refractivity (Wildman–Crippen MR) is 56.4 cm³/mol. The van der Waals surface area contributed by atoms with Gasteiger partial charge in [-0.1, -0.05) is 43.4 Å². The summed E-state index contributed by atoms with van der Waals surface area (Å²) in [5, 5.41) is 0. The molecule has 0 aromatic heterocycles. The minimum atomic E-state index is 0.985. The molecule has 3 heteroatoms. The zero-order valence-electron chi connectivity index (χ0n) is 6.80. The van der Waals surface area contributed by atoms with Gasteiger partial charge in [-0.15, -0.1) is 0 Å². The SMILES string of the molecule is C=C1CSC(=NCCCC)S1. The Hall–Kier alpha value is 0.110. The summed E-state index contributed by atoms with van der Waals surface area (Å²) in [7, 11) is 0. The molecule has 11 heavy (non-hydrogen) atoms. The van der Waals surface area contributed by atoms with Crippen molar-refractivity contribution in [1.29, 1.82) is 0 Å². The zero-order valence-corrected chi connectivity index (χ0v) is 8.43. The summed E-state index contributed by atoms with van der Waals surface area (Å²) in [4.78, 5) is 5.69. The highest BCUT2D eigenvalue weighted by atomic mass is 32.2. The molecule has 1 rings (SSSR count). The van der Waals surface area contributed by atoms with Gasteiger partial charge in [0.25, 0.3) is 0 Å². The van der Waals surface area contributed by atoms with Crippen LogP contribution in [0.3, 0.4) is 0 Å².